The smallest absolute Gasteiger partial charge is 0.446 e. The van der Waals surface area contributed by atoms with Gasteiger partial charge >= 0.3 is 16.4 Å². The zero-order valence-electron chi connectivity index (χ0n) is 9.23. The van der Waals surface area contributed by atoms with Crippen molar-refractivity contribution in [2.24, 2.45) is 0 Å². The Morgan fingerprint density at radius 2 is 2.00 bits per heavy atom. The largest absolute Gasteiger partial charge is 0.493 e. The van der Waals surface area contributed by atoms with Crippen molar-refractivity contribution in [3.63, 3.8) is 0 Å². The zero-order chi connectivity index (χ0) is 13.8. The van der Waals surface area contributed by atoms with Gasteiger partial charge in [-0.2, -0.15) is 8.42 Å². The van der Waals surface area contributed by atoms with Crippen LogP contribution < -0.4 is 8.92 Å². The molecule has 0 amide bonds. The Morgan fingerprint density at radius 3 is 2.50 bits per heavy atom. The number of aliphatic carboxylic acids is 1. The average Bonchev–Trinajstić information content (AvgIpc) is 2.24. The lowest BCUT2D eigenvalue weighted by Crippen LogP contribution is -2.07. The zero-order valence-corrected chi connectivity index (χ0v) is 10.0. The fourth-order valence-corrected chi connectivity index (χ4v) is 1.50. The van der Waals surface area contributed by atoms with E-state index in [0.29, 0.717) is 5.56 Å². The van der Waals surface area contributed by atoms with E-state index >= 15 is 0 Å². The Kier molecular flexibility index (Phi) is 4.29. The van der Waals surface area contributed by atoms with Gasteiger partial charge in [0.05, 0.1) is 7.11 Å². The molecule has 0 bridgehead atoms. The summed E-state index contributed by atoms with van der Waals surface area (Å²) in [5.41, 5.74) is 0.372. The van der Waals surface area contributed by atoms with E-state index in [2.05, 4.69) is 4.18 Å². The number of carbonyl (C=O) groups is 1. The maximum Gasteiger partial charge on any atom is 0.446 e. The molecule has 7 nitrogen and oxygen atoms in total. The Labute approximate surface area is 103 Å². The highest BCUT2D eigenvalue weighted by atomic mass is 32.3. The van der Waals surface area contributed by atoms with E-state index in [4.69, 9.17) is 14.4 Å². The lowest BCUT2D eigenvalue weighted by Gasteiger charge is -2.08. The predicted octanol–water partition coefficient (Wildman–Crippen LogP) is 0.975. The van der Waals surface area contributed by atoms with Crippen LogP contribution in [0.25, 0.3) is 6.08 Å². The standard InChI is InChI=1S/C10H10O7S/c1-16-8-4-2-7(3-5-10(11)12)6-9(8)17-18(13,14)15/h2-6H,1H3,(H,11,12)(H,13,14,15)/b5-3+. The third-order valence-electron chi connectivity index (χ3n) is 1.80. The van der Waals surface area contributed by atoms with E-state index < -0.39 is 16.4 Å². The van der Waals surface area contributed by atoms with E-state index in [0.717, 1.165) is 6.08 Å². The number of rotatable bonds is 5. The topological polar surface area (TPSA) is 110 Å². The second kappa shape index (κ2) is 5.52. The molecule has 0 aliphatic heterocycles. The fraction of sp³-hybridized carbons (Fsp3) is 0.100. The highest BCUT2D eigenvalue weighted by Gasteiger charge is 2.12. The Balaban J connectivity index is 3.13. The van der Waals surface area contributed by atoms with Crippen LogP contribution in [0.15, 0.2) is 24.3 Å². The van der Waals surface area contributed by atoms with E-state index in [1.165, 1.54) is 31.4 Å². The first-order valence-corrected chi connectivity index (χ1v) is 5.94. The molecule has 98 valence electrons. The summed E-state index contributed by atoms with van der Waals surface area (Å²) >= 11 is 0. The number of methoxy groups -OCH3 is 1. The molecule has 1 aromatic carbocycles. The average molecular weight is 274 g/mol. The second-order valence-electron chi connectivity index (χ2n) is 3.09. The monoisotopic (exact) mass is 274 g/mol. The molecule has 1 rings (SSSR count). The first-order valence-electron chi connectivity index (χ1n) is 4.58. The van der Waals surface area contributed by atoms with Gasteiger partial charge in [0.25, 0.3) is 0 Å². The van der Waals surface area contributed by atoms with Crippen LogP contribution >= 0.6 is 0 Å². The Morgan fingerprint density at radius 1 is 1.33 bits per heavy atom. The summed E-state index contributed by atoms with van der Waals surface area (Å²) in [5, 5.41) is 8.45. The van der Waals surface area contributed by atoms with Gasteiger partial charge in [-0.1, -0.05) is 6.07 Å². The van der Waals surface area contributed by atoms with Gasteiger partial charge in [0, 0.05) is 6.08 Å². The van der Waals surface area contributed by atoms with E-state index in [-0.39, 0.29) is 11.5 Å². The van der Waals surface area contributed by atoms with Crippen LogP contribution in [0.4, 0.5) is 0 Å². The molecular formula is C10H10O7S. The van der Waals surface area contributed by atoms with Crippen molar-refractivity contribution in [3.8, 4) is 11.5 Å². The second-order valence-corrected chi connectivity index (χ2v) is 4.12. The molecule has 0 spiro atoms. The number of hydrogen-bond donors (Lipinski definition) is 2. The quantitative estimate of drug-likeness (QED) is 0.608. The molecule has 0 fully saturated rings. The van der Waals surface area contributed by atoms with Gasteiger partial charge < -0.3 is 14.0 Å². The molecule has 8 heteroatoms. The highest BCUT2D eigenvalue weighted by Crippen LogP contribution is 2.29. The molecule has 0 unspecified atom stereocenters. The Hall–Kier alpha value is -2.06. The number of carboxylic acids is 1. The molecular weight excluding hydrogens is 264 g/mol. The normalized spacial score (nSPS) is 11.4. The third-order valence-corrected chi connectivity index (χ3v) is 2.19. The van der Waals surface area contributed by atoms with Crippen molar-refractivity contribution in [1.82, 2.24) is 0 Å². The van der Waals surface area contributed by atoms with Crippen LogP contribution in [-0.4, -0.2) is 31.2 Å². The summed E-state index contributed by atoms with van der Waals surface area (Å²) in [4.78, 5) is 10.3. The van der Waals surface area contributed by atoms with Gasteiger partial charge in [0.1, 0.15) is 0 Å². The van der Waals surface area contributed by atoms with Gasteiger partial charge in [-0.15, -0.1) is 0 Å². The number of hydrogen-bond acceptors (Lipinski definition) is 5. The minimum absolute atomic E-state index is 0.0834. The lowest BCUT2D eigenvalue weighted by molar-refractivity contribution is -0.131. The minimum Gasteiger partial charge on any atom is -0.493 e. The molecule has 1 aromatic rings. The van der Waals surface area contributed by atoms with Gasteiger partial charge in [-0.05, 0) is 23.8 Å². The molecule has 0 radical (unpaired) electrons. The summed E-state index contributed by atoms with van der Waals surface area (Å²) in [6.45, 7) is 0. The van der Waals surface area contributed by atoms with Crippen LogP contribution in [0.1, 0.15) is 5.56 Å². The predicted molar refractivity (Wildman–Crippen MR) is 61.8 cm³/mol. The first kappa shape index (κ1) is 14.0. The maximum absolute atomic E-state index is 10.6. The van der Waals surface area contributed by atoms with Crippen LogP contribution in [0.5, 0.6) is 11.5 Å². The van der Waals surface area contributed by atoms with Crippen LogP contribution in [-0.2, 0) is 15.2 Å². The molecule has 0 aliphatic rings. The highest BCUT2D eigenvalue weighted by molar-refractivity contribution is 7.81. The number of carboxylic acid groups (broad SMARTS) is 1. The van der Waals surface area contributed by atoms with Crippen molar-refractivity contribution in [3.05, 3.63) is 29.8 Å². The summed E-state index contributed by atoms with van der Waals surface area (Å²) in [5.74, 6) is -1.31. The van der Waals surface area contributed by atoms with Gasteiger partial charge in [-0.3, -0.25) is 4.55 Å². The van der Waals surface area contributed by atoms with Crippen molar-refractivity contribution >= 4 is 22.4 Å². The lowest BCUT2D eigenvalue weighted by atomic mass is 10.2. The summed E-state index contributed by atoms with van der Waals surface area (Å²) in [6.07, 6.45) is 2.11. The number of benzene rings is 1. The molecule has 0 heterocycles. The van der Waals surface area contributed by atoms with Gasteiger partial charge in [0.2, 0.25) is 0 Å². The molecule has 0 saturated heterocycles. The van der Waals surface area contributed by atoms with Crippen molar-refractivity contribution in [2.45, 2.75) is 0 Å². The van der Waals surface area contributed by atoms with Crippen LogP contribution in [0, 0.1) is 0 Å². The molecule has 2 N–H and O–H groups in total. The van der Waals surface area contributed by atoms with Crippen LogP contribution in [0.2, 0.25) is 0 Å². The van der Waals surface area contributed by atoms with E-state index in [1.807, 2.05) is 0 Å². The van der Waals surface area contributed by atoms with Gasteiger partial charge in [0.15, 0.2) is 11.5 Å². The van der Waals surface area contributed by atoms with Crippen molar-refractivity contribution in [1.29, 1.82) is 0 Å². The first-order chi connectivity index (χ1) is 8.31. The van der Waals surface area contributed by atoms with E-state index in [1.54, 1.807) is 0 Å². The summed E-state index contributed by atoms with van der Waals surface area (Å²) < 4.78 is 38.9. The maximum atomic E-state index is 10.6. The minimum atomic E-state index is -4.68. The molecule has 0 aromatic heterocycles. The fourth-order valence-electron chi connectivity index (χ4n) is 1.14. The van der Waals surface area contributed by atoms with Gasteiger partial charge in [-0.25, -0.2) is 4.79 Å². The Bertz CT molecular complexity index is 574. The van der Waals surface area contributed by atoms with Crippen LogP contribution in [0.3, 0.4) is 0 Å². The molecule has 0 saturated carbocycles. The number of ether oxygens (including phenoxy) is 1. The molecule has 18 heavy (non-hydrogen) atoms. The van der Waals surface area contributed by atoms with Crippen molar-refractivity contribution < 1.29 is 31.8 Å². The SMILES string of the molecule is COc1ccc(/C=C/C(=O)O)cc1OS(=O)(=O)O. The van der Waals surface area contributed by atoms with E-state index in [9.17, 15) is 13.2 Å². The summed E-state index contributed by atoms with van der Waals surface area (Å²) in [6, 6.07) is 4.09. The summed E-state index contributed by atoms with van der Waals surface area (Å²) in [7, 11) is -3.39. The molecule has 0 aliphatic carbocycles. The van der Waals surface area contributed by atoms with Crippen molar-refractivity contribution in [2.75, 3.05) is 7.11 Å². The third kappa shape index (κ3) is 4.44. The molecule has 0 atom stereocenters.